The van der Waals surface area contributed by atoms with Crippen molar-refractivity contribution in [3.63, 3.8) is 0 Å². The minimum atomic E-state index is -1.20. The molecule has 112 valence electrons. The average molecular weight is 272 g/mol. The minimum Gasteiger partial charge on any atom is -0.465 e. The van der Waals surface area contributed by atoms with Gasteiger partial charge in [-0.05, 0) is 24.7 Å². The Morgan fingerprint density at radius 1 is 0.842 bits per heavy atom. The van der Waals surface area contributed by atoms with Gasteiger partial charge < -0.3 is 9.47 Å². The molecule has 0 heterocycles. The second-order valence-corrected chi connectivity index (χ2v) is 5.45. The van der Waals surface area contributed by atoms with Gasteiger partial charge in [0.2, 0.25) is 0 Å². The Hall–Kier alpha value is -1.06. The fourth-order valence-corrected chi connectivity index (χ4v) is 2.32. The third kappa shape index (κ3) is 3.95. The number of rotatable bonds is 8. The highest BCUT2D eigenvalue weighted by Crippen LogP contribution is 2.39. The van der Waals surface area contributed by atoms with Crippen molar-refractivity contribution in [3.05, 3.63) is 0 Å². The van der Waals surface area contributed by atoms with Crippen molar-refractivity contribution in [1.82, 2.24) is 0 Å². The highest BCUT2D eigenvalue weighted by atomic mass is 16.6. The van der Waals surface area contributed by atoms with Crippen LogP contribution in [0, 0.1) is 17.3 Å². The molecule has 0 aliphatic rings. The average Bonchev–Trinajstić information content (AvgIpc) is 2.33. The number of carbonyl (C=O) groups excluding carboxylic acids is 2. The first-order valence-corrected chi connectivity index (χ1v) is 7.19. The Kier molecular flexibility index (Phi) is 7.72. The van der Waals surface area contributed by atoms with Gasteiger partial charge in [0.25, 0.3) is 0 Å². The third-order valence-corrected chi connectivity index (χ3v) is 3.37. The molecule has 0 aliphatic heterocycles. The summed E-state index contributed by atoms with van der Waals surface area (Å²) in [6.07, 6.45) is 1.48. The van der Waals surface area contributed by atoms with E-state index in [0.717, 1.165) is 12.8 Å². The zero-order valence-electron chi connectivity index (χ0n) is 13.1. The largest absolute Gasteiger partial charge is 0.465 e. The minimum absolute atomic E-state index is 0.166. The van der Waals surface area contributed by atoms with E-state index >= 15 is 0 Å². The molecular weight excluding hydrogens is 244 g/mol. The molecular formula is C15H28O4. The molecule has 0 N–H and O–H groups in total. The number of hydrogen-bond donors (Lipinski definition) is 0. The summed E-state index contributed by atoms with van der Waals surface area (Å²) in [7, 11) is 0. The van der Waals surface area contributed by atoms with Crippen molar-refractivity contribution < 1.29 is 19.1 Å². The van der Waals surface area contributed by atoms with E-state index in [9.17, 15) is 9.59 Å². The quantitative estimate of drug-likeness (QED) is 0.503. The Labute approximate surface area is 116 Å². The fourth-order valence-electron chi connectivity index (χ4n) is 2.32. The van der Waals surface area contributed by atoms with Crippen LogP contribution in [0.2, 0.25) is 0 Å². The predicted octanol–water partition coefficient (Wildman–Crippen LogP) is 3.19. The first kappa shape index (κ1) is 17.9. The van der Waals surface area contributed by atoms with Gasteiger partial charge in [-0.1, -0.05) is 41.5 Å². The van der Waals surface area contributed by atoms with E-state index in [1.54, 1.807) is 0 Å². The van der Waals surface area contributed by atoms with Crippen LogP contribution in [0.3, 0.4) is 0 Å². The molecule has 0 atom stereocenters. The van der Waals surface area contributed by atoms with Crippen LogP contribution in [0.5, 0.6) is 0 Å². The molecule has 0 saturated carbocycles. The van der Waals surface area contributed by atoms with Crippen LogP contribution in [-0.2, 0) is 19.1 Å². The first-order valence-electron chi connectivity index (χ1n) is 7.19. The summed E-state index contributed by atoms with van der Waals surface area (Å²) in [6.45, 7) is 12.0. The van der Waals surface area contributed by atoms with E-state index in [4.69, 9.17) is 9.47 Å². The van der Waals surface area contributed by atoms with Crippen molar-refractivity contribution in [3.8, 4) is 0 Å². The molecule has 0 bridgehead atoms. The summed E-state index contributed by atoms with van der Waals surface area (Å²) in [5.41, 5.74) is -1.20. The van der Waals surface area contributed by atoms with Gasteiger partial charge in [-0.3, -0.25) is 9.59 Å². The molecule has 0 aromatic heterocycles. The lowest BCUT2D eigenvalue weighted by Crippen LogP contribution is -2.50. The zero-order chi connectivity index (χ0) is 15.1. The van der Waals surface area contributed by atoms with Crippen molar-refractivity contribution in [2.24, 2.45) is 17.3 Å². The third-order valence-electron chi connectivity index (χ3n) is 3.37. The second kappa shape index (κ2) is 8.18. The van der Waals surface area contributed by atoms with Crippen molar-refractivity contribution >= 4 is 11.9 Å². The molecule has 19 heavy (non-hydrogen) atoms. The van der Waals surface area contributed by atoms with Gasteiger partial charge in [0.05, 0.1) is 13.2 Å². The van der Waals surface area contributed by atoms with Crippen LogP contribution in [0.15, 0.2) is 0 Å². The van der Waals surface area contributed by atoms with Gasteiger partial charge in [-0.25, -0.2) is 0 Å². The summed E-state index contributed by atoms with van der Waals surface area (Å²) in [6, 6.07) is 0. The van der Waals surface area contributed by atoms with Gasteiger partial charge in [0.1, 0.15) is 0 Å². The van der Waals surface area contributed by atoms with Crippen molar-refractivity contribution in [2.45, 2.75) is 54.4 Å². The van der Waals surface area contributed by atoms with E-state index in [1.165, 1.54) is 0 Å². The van der Waals surface area contributed by atoms with Gasteiger partial charge in [0.15, 0.2) is 5.41 Å². The molecule has 0 radical (unpaired) electrons. The summed E-state index contributed by atoms with van der Waals surface area (Å²) in [5.74, 6) is -1.25. The highest BCUT2D eigenvalue weighted by Gasteiger charge is 2.54. The number of carbonyl (C=O) groups is 2. The van der Waals surface area contributed by atoms with Crippen LogP contribution >= 0.6 is 0 Å². The summed E-state index contributed by atoms with van der Waals surface area (Å²) >= 11 is 0. The topological polar surface area (TPSA) is 52.6 Å². The number of ether oxygens (including phenoxy) is 2. The monoisotopic (exact) mass is 272 g/mol. The Bertz CT molecular complexity index is 265. The Balaban J connectivity index is 5.30. The molecule has 0 spiro atoms. The molecule has 4 nitrogen and oxygen atoms in total. The maximum atomic E-state index is 12.4. The lowest BCUT2D eigenvalue weighted by molar-refractivity contribution is -0.181. The van der Waals surface area contributed by atoms with Crippen LogP contribution in [0.1, 0.15) is 54.4 Å². The van der Waals surface area contributed by atoms with E-state index < -0.39 is 17.4 Å². The van der Waals surface area contributed by atoms with Crippen LogP contribution in [-0.4, -0.2) is 25.2 Å². The maximum Gasteiger partial charge on any atom is 0.324 e. The Morgan fingerprint density at radius 2 is 1.16 bits per heavy atom. The maximum absolute atomic E-state index is 12.4. The van der Waals surface area contributed by atoms with Crippen molar-refractivity contribution in [2.75, 3.05) is 13.2 Å². The number of esters is 2. The molecule has 0 rings (SSSR count). The highest BCUT2D eigenvalue weighted by molar-refractivity contribution is 6.00. The molecule has 0 aromatic carbocycles. The zero-order valence-corrected chi connectivity index (χ0v) is 13.1. The van der Waals surface area contributed by atoms with Gasteiger partial charge in [-0.15, -0.1) is 0 Å². The summed E-state index contributed by atoms with van der Waals surface area (Å²) < 4.78 is 10.5. The van der Waals surface area contributed by atoms with Crippen LogP contribution in [0.4, 0.5) is 0 Å². The normalized spacial score (nSPS) is 11.8. The lowest BCUT2D eigenvalue weighted by Gasteiger charge is -2.36. The lowest BCUT2D eigenvalue weighted by atomic mass is 9.69. The van der Waals surface area contributed by atoms with E-state index in [1.807, 2.05) is 41.5 Å². The van der Waals surface area contributed by atoms with E-state index in [2.05, 4.69) is 0 Å². The molecule has 0 aromatic rings. The second-order valence-electron chi connectivity index (χ2n) is 5.45. The number of hydrogen-bond acceptors (Lipinski definition) is 4. The molecule has 0 saturated heterocycles. The Morgan fingerprint density at radius 3 is 1.37 bits per heavy atom. The predicted molar refractivity (Wildman–Crippen MR) is 74.6 cm³/mol. The molecule has 0 aliphatic carbocycles. The van der Waals surface area contributed by atoms with Crippen molar-refractivity contribution in [1.29, 1.82) is 0 Å². The molecule has 0 amide bonds. The molecule has 4 heteroatoms. The standard InChI is InChI=1S/C15H28O4/c1-7-9-18-13(16)15(11(3)4,12(5)6)14(17)19-10-8-2/h11-12H,7-10H2,1-6H3. The van der Waals surface area contributed by atoms with E-state index in [-0.39, 0.29) is 11.8 Å². The summed E-state index contributed by atoms with van der Waals surface area (Å²) in [5, 5.41) is 0. The van der Waals surface area contributed by atoms with Gasteiger partial charge in [0, 0.05) is 0 Å². The smallest absolute Gasteiger partial charge is 0.324 e. The first-order chi connectivity index (χ1) is 8.85. The van der Waals surface area contributed by atoms with Gasteiger partial charge in [-0.2, -0.15) is 0 Å². The molecule has 0 fully saturated rings. The summed E-state index contributed by atoms with van der Waals surface area (Å²) in [4.78, 5) is 24.8. The fraction of sp³-hybridized carbons (Fsp3) is 0.867. The van der Waals surface area contributed by atoms with Crippen LogP contribution < -0.4 is 0 Å². The van der Waals surface area contributed by atoms with Gasteiger partial charge >= 0.3 is 11.9 Å². The van der Waals surface area contributed by atoms with E-state index in [0.29, 0.717) is 13.2 Å². The SMILES string of the molecule is CCCOC(=O)C(C(=O)OCCC)(C(C)C)C(C)C. The molecule has 0 unspecified atom stereocenters. The van der Waals surface area contributed by atoms with Crippen LogP contribution in [0.25, 0.3) is 0 Å².